The summed E-state index contributed by atoms with van der Waals surface area (Å²) in [5.74, 6) is -1.15. The summed E-state index contributed by atoms with van der Waals surface area (Å²) in [4.78, 5) is 32.0. The number of rotatable bonds is 4. The first-order chi connectivity index (χ1) is 13.9. The minimum Gasteiger partial charge on any atom is -0.495 e. The Bertz CT molecular complexity index is 1110. The largest absolute Gasteiger partial charge is 0.495 e. The van der Waals surface area contributed by atoms with Crippen molar-refractivity contribution in [1.29, 1.82) is 0 Å². The molecular formula is C21H20N2O5S. The molecule has 8 heteroatoms. The van der Waals surface area contributed by atoms with Crippen LogP contribution in [0.3, 0.4) is 0 Å². The third-order valence-corrected chi connectivity index (χ3v) is 6.95. The van der Waals surface area contributed by atoms with Gasteiger partial charge in [0.05, 0.1) is 36.3 Å². The predicted octanol–water partition coefficient (Wildman–Crippen LogP) is 2.22. The zero-order chi connectivity index (χ0) is 20.6. The monoisotopic (exact) mass is 412 g/mol. The second kappa shape index (κ2) is 7.44. The second-order valence-corrected chi connectivity index (χ2v) is 9.30. The molecule has 2 atom stereocenters. The fourth-order valence-corrected chi connectivity index (χ4v) is 5.38. The quantitative estimate of drug-likeness (QED) is 0.567. The van der Waals surface area contributed by atoms with Crippen molar-refractivity contribution in [2.45, 2.75) is 18.4 Å². The lowest BCUT2D eigenvalue weighted by Crippen LogP contribution is -2.45. The first kappa shape index (κ1) is 19.3. The van der Waals surface area contributed by atoms with Crippen molar-refractivity contribution in [3.05, 3.63) is 59.7 Å². The number of aliphatic imine (C=N–C) groups is 1. The van der Waals surface area contributed by atoms with Gasteiger partial charge in [-0.1, -0.05) is 30.3 Å². The van der Waals surface area contributed by atoms with Crippen molar-refractivity contribution in [3.8, 4) is 5.75 Å². The lowest BCUT2D eigenvalue weighted by molar-refractivity contribution is -0.118. The van der Waals surface area contributed by atoms with Gasteiger partial charge in [-0.05, 0) is 30.2 Å². The number of nitrogens with zero attached hydrogens (tertiary/aromatic N) is 2. The van der Waals surface area contributed by atoms with Crippen LogP contribution in [0.2, 0.25) is 0 Å². The number of amides is 2. The highest BCUT2D eigenvalue weighted by molar-refractivity contribution is 7.91. The number of hydrogen-bond acceptors (Lipinski definition) is 6. The number of carbonyl (C=O) groups is 2. The van der Waals surface area contributed by atoms with E-state index in [1.165, 1.54) is 13.3 Å². The number of carbonyl (C=O) groups excluding carboxylic acids is 2. The van der Waals surface area contributed by atoms with Crippen LogP contribution in [0.25, 0.3) is 0 Å². The molecule has 2 aromatic carbocycles. The summed E-state index contributed by atoms with van der Waals surface area (Å²) in [5, 5.41) is 0. The number of para-hydroxylation sites is 2. The highest BCUT2D eigenvalue weighted by Gasteiger charge is 2.40. The van der Waals surface area contributed by atoms with Gasteiger partial charge in [0.15, 0.2) is 9.84 Å². The van der Waals surface area contributed by atoms with E-state index >= 15 is 0 Å². The summed E-state index contributed by atoms with van der Waals surface area (Å²) >= 11 is 0. The van der Waals surface area contributed by atoms with E-state index in [1.54, 1.807) is 48.5 Å². The van der Waals surface area contributed by atoms with Crippen LogP contribution in [0.4, 0.5) is 5.69 Å². The number of hydrogen-bond donors (Lipinski definition) is 0. The Hall–Kier alpha value is -3.00. The van der Waals surface area contributed by atoms with Gasteiger partial charge in [-0.15, -0.1) is 0 Å². The predicted molar refractivity (Wildman–Crippen MR) is 110 cm³/mol. The zero-order valence-corrected chi connectivity index (χ0v) is 16.6. The Morgan fingerprint density at radius 2 is 1.83 bits per heavy atom. The molecule has 2 aromatic rings. The van der Waals surface area contributed by atoms with Crippen molar-refractivity contribution in [3.63, 3.8) is 0 Å². The van der Waals surface area contributed by atoms with Gasteiger partial charge < -0.3 is 4.74 Å². The van der Waals surface area contributed by atoms with Crippen LogP contribution in [0.1, 0.15) is 28.3 Å². The number of imide groups is 1. The van der Waals surface area contributed by atoms with Crippen molar-refractivity contribution in [1.82, 2.24) is 0 Å². The molecule has 2 heterocycles. The number of anilines is 1. The lowest BCUT2D eigenvalue weighted by Gasteiger charge is -2.31. The summed E-state index contributed by atoms with van der Waals surface area (Å²) in [6, 6.07) is 13.4. The Labute approximate surface area is 168 Å². The van der Waals surface area contributed by atoms with E-state index in [9.17, 15) is 18.0 Å². The van der Waals surface area contributed by atoms with Crippen molar-refractivity contribution in [2.75, 3.05) is 23.5 Å². The minimum atomic E-state index is -3.07. The molecule has 0 radical (unpaired) electrons. The van der Waals surface area contributed by atoms with Gasteiger partial charge in [-0.3, -0.25) is 14.6 Å². The molecule has 2 amide bonds. The van der Waals surface area contributed by atoms with Gasteiger partial charge in [-0.2, -0.15) is 0 Å². The fourth-order valence-electron chi connectivity index (χ4n) is 3.74. The molecule has 0 bridgehead atoms. The third-order valence-electron chi connectivity index (χ3n) is 5.20. The number of fused-ring (bicyclic) bond motifs is 1. The van der Waals surface area contributed by atoms with Gasteiger partial charge >= 0.3 is 0 Å². The van der Waals surface area contributed by atoms with E-state index in [2.05, 4.69) is 4.99 Å². The summed E-state index contributed by atoms with van der Waals surface area (Å²) in [7, 11) is -1.60. The average molecular weight is 412 g/mol. The van der Waals surface area contributed by atoms with E-state index in [0.29, 0.717) is 29.0 Å². The first-order valence-corrected chi connectivity index (χ1v) is 11.1. The second-order valence-electron chi connectivity index (χ2n) is 7.07. The molecule has 29 heavy (non-hydrogen) atoms. The minimum absolute atomic E-state index is 0.0127. The molecule has 0 spiro atoms. The number of benzene rings is 2. The molecule has 2 aliphatic heterocycles. The van der Waals surface area contributed by atoms with Gasteiger partial charge in [0, 0.05) is 11.8 Å². The van der Waals surface area contributed by atoms with Gasteiger partial charge in [0.2, 0.25) is 5.91 Å². The number of methoxy groups -OCH3 is 1. The Morgan fingerprint density at radius 3 is 2.55 bits per heavy atom. The standard InChI is InChI=1S/C21H20N2O5S/c1-28-19-9-5-4-8-18(19)23-20(24)16-7-3-2-6-15(16)17(21(23)25)12-22-14-10-11-29(26,27)13-14/h2-9,12,14,17H,10-11,13H2,1H3/t14-,17+/m1/s1. The summed E-state index contributed by atoms with van der Waals surface area (Å²) in [6.45, 7) is 0. The Kier molecular flexibility index (Phi) is 4.96. The van der Waals surface area contributed by atoms with E-state index in [4.69, 9.17) is 4.74 Å². The first-order valence-electron chi connectivity index (χ1n) is 9.25. The van der Waals surface area contributed by atoms with E-state index in [0.717, 1.165) is 4.90 Å². The van der Waals surface area contributed by atoms with Gasteiger partial charge in [-0.25, -0.2) is 13.3 Å². The van der Waals surface area contributed by atoms with Crippen molar-refractivity contribution >= 4 is 33.6 Å². The topological polar surface area (TPSA) is 93.1 Å². The number of ether oxygens (including phenoxy) is 1. The summed E-state index contributed by atoms with van der Waals surface area (Å²) in [5.41, 5.74) is 1.34. The van der Waals surface area contributed by atoms with Crippen LogP contribution in [0.5, 0.6) is 5.75 Å². The van der Waals surface area contributed by atoms with Crippen LogP contribution in [0.15, 0.2) is 53.5 Å². The fraction of sp³-hybridized carbons (Fsp3) is 0.286. The highest BCUT2D eigenvalue weighted by atomic mass is 32.2. The van der Waals surface area contributed by atoms with Crippen molar-refractivity contribution < 1.29 is 22.7 Å². The molecule has 0 aliphatic carbocycles. The van der Waals surface area contributed by atoms with Crippen LogP contribution in [0, 0.1) is 0 Å². The van der Waals surface area contributed by atoms with Crippen molar-refractivity contribution in [2.24, 2.45) is 4.99 Å². The molecule has 1 fully saturated rings. The normalized spacial score (nSPS) is 23.4. The maximum atomic E-state index is 13.3. The van der Waals surface area contributed by atoms with E-state index < -0.39 is 27.6 Å². The van der Waals surface area contributed by atoms with Crippen LogP contribution in [-0.4, -0.2) is 51.1 Å². The van der Waals surface area contributed by atoms with E-state index in [-0.39, 0.29) is 17.5 Å². The SMILES string of the molecule is COc1ccccc1N1C(=O)c2ccccc2[C@H](C=N[C@@H]2CCS(=O)(=O)C2)C1=O. The van der Waals surface area contributed by atoms with Crippen LogP contribution < -0.4 is 9.64 Å². The maximum Gasteiger partial charge on any atom is 0.265 e. The third kappa shape index (κ3) is 3.55. The van der Waals surface area contributed by atoms with Gasteiger partial charge in [0.1, 0.15) is 5.75 Å². The van der Waals surface area contributed by atoms with E-state index in [1.807, 2.05) is 0 Å². The molecule has 0 aromatic heterocycles. The summed E-state index contributed by atoms with van der Waals surface area (Å²) < 4.78 is 28.7. The molecule has 4 rings (SSSR count). The molecule has 1 saturated heterocycles. The Morgan fingerprint density at radius 1 is 1.10 bits per heavy atom. The lowest BCUT2D eigenvalue weighted by atomic mass is 9.88. The molecule has 0 saturated carbocycles. The molecule has 0 unspecified atom stereocenters. The molecule has 2 aliphatic rings. The zero-order valence-electron chi connectivity index (χ0n) is 15.8. The Balaban J connectivity index is 1.76. The van der Waals surface area contributed by atoms with Gasteiger partial charge in [0.25, 0.3) is 5.91 Å². The maximum absolute atomic E-state index is 13.3. The molecule has 0 N–H and O–H groups in total. The van der Waals surface area contributed by atoms with Crippen LogP contribution >= 0.6 is 0 Å². The highest BCUT2D eigenvalue weighted by Crippen LogP contribution is 2.36. The van der Waals surface area contributed by atoms with Crippen LogP contribution in [-0.2, 0) is 14.6 Å². The molecule has 7 nitrogen and oxygen atoms in total. The smallest absolute Gasteiger partial charge is 0.265 e. The molecular weight excluding hydrogens is 392 g/mol. The average Bonchev–Trinajstić information content (AvgIpc) is 3.07. The number of sulfone groups is 1. The summed E-state index contributed by atoms with van der Waals surface area (Å²) in [6.07, 6.45) is 1.93. The molecule has 150 valence electrons.